The molecule has 0 saturated heterocycles. The fraction of sp³-hybridized carbons (Fsp3) is 0.632. The van der Waals surface area contributed by atoms with Crippen LogP contribution < -0.4 is 21.7 Å². The highest BCUT2D eigenvalue weighted by atomic mass is 15.4. The summed E-state index contributed by atoms with van der Waals surface area (Å²) in [4.78, 5) is 14.2. The Bertz CT molecular complexity index is 735. The number of rotatable bonds is 6. The van der Waals surface area contributed by atoms with Crippen LogP contribution in [-0.2, 0) is 0 Å². The van der Waals surface area contributed by atoms with E-state index >= 15 is 0 Å². The van der Waals surface area contributed by atoms with Gasteiger partial charge in [0.25, 0.3) is 0 Å². The van der Waals surface area contributed by atoms with Gasteiger partial charge in [0.15, 0.2) is 17.6 Å². The van der Waals surface area contributed by atoms with Gasteiger partial charge in [0.05, 0.1) is 6.04 Å². The maximum Gasteiger partial charge on any atom is 0.200 e. The van der Waals surface area contributed by atoms with Gasteiger partial charge in [-0.3, -0.25) is 5.32 Å². The number of hydrogen-bond donors (Lipinski definition) is 4. The molecule has 7 nitrogen and oxygen atoms in total. The highest BCUT2D eigenvalue weighted by Crippen LogP contribution is 2.34. The van der Waals surface area contributed by atoms with Crippen molar-refractivity contribution in [1.82, 2.24) is 20.9 Å². The van der Waals surface area contributed by atoms with Gasteiger partial charge in [-0.25, -0.2) is 15.0 Å². The molecule has 4 rings (SSSR count). The van der Waals surface area contributed by atoms with Crippen molar-refractivity contribution in [3.05, 3.63) is 23.9 Å². The number of pyridine rings is 1. The lowest BCUT2D eigenvalue weighted by Crippen LogP contribution is -2.65. The molecule has 2 heterocycles. The van der Waals surface area contributed by atoms with Crippen LogP contribution in [0.4, 0.5) is 5.82 Å². The molecule has 2 saturated carbocycles. The molecule has 26 heavy (non-hydrogen) atoms. The molecule has 1 aromatic rings. The standard InChI is InChI=1S/C19H29N7/c1-11(13-7-8-13)21-18-23-17(15-5-4-6-16(20)22-15)25-19(3,26-18)24-12(2)14-9-10-14/h4-6,11-14,24H,7-10H2,1-3H3,(H2,20,22)(H2,21,23,25,26)/t11-,12-,19?/m1/s1. The van der Waals surface area contributed by atoms with Gasteiger partial charge >= 0.3 is 0 Å². The van der Waals surface area contributed by atoms with Crippen molar-refractivity contribution in [2.75, 3.05) is 5.73 Å². The Balaban J connectivity index is 1.63. The molecule has 5 N–H and O–H groups in total. The molecule has 3 atom stereocenters. The van der Waals surface area contributed by atoms with Crippen molar-refractivity contribution in [2.24, 2.45) is 21.8 Å². The summed E-state index contributed by atoms with van der Waals surface area (Å²) >= 11 is 0. The number of aliphatic imine (C=N–C) groups is 2. The fourth-order valence-corrected chi connectivity index (χ4v) is 3.54. The van der Waals surface area contributed by atoms with E-state index in [0.717, 1.165) is 17.6 Å². The van der Waals surface area contributed by atoms with Gasteiger partial charge in [-0.15, -0.1) is 0 Å². The molecule has 0 aromatic carbocycles. The number of hydrogen-bond acceptors (Lipinski definition) is 5. The average molecular weight is 355 g/mol. The lowest BCUT2D eigenvalue weighted by atomic mass is 10.2. The first kappa shape index (κ1) is 17.3. The molecular formula is C19H29N7. The van der Waals surface area contributed by atoms with E-state index in [2.05, 4.69) is 41.7 Å². The minimum absolute atomic E-state index is 0.295. The molecule has 3 aliphatic rings. The van der Waals surface area contributed by atoms with E-state index in [-0.39, 0.29) is 0 Å². The molecule has 1 aromatic heterocycles. The second kappa shape index (κ2) is 6.54. The predicted octanol–water partition coefficient (Wildman–Crippen LogP) is 1.82. The number of nitrogens with zero attached hydrogens (tertiary/aromatic N) is 3. The largest absolute Gasteiger partial charge is 0.384 e. The lowest BCUT2D eigenvalue weighted by Gasteiger charge is -2.37. The van der Waals surface area contributed by atoms with Gasteiger partial charge in [0, 0.05) is 6.04 Å². The number of nitrogen functional groups attached to an aromatic ring is 1. The summed E-state index contributed by atoms with van der Waals surface area (Å²) in [5, 5.41) is 10.4. The third-order valence-electron chi connectivity index (χ3n) is 5.42. The van der Waals surface area contributed by atoms with Crippen LogP contribution in [0.3, 0.4) is 0 Å². The van der Waals surface area contributed by atoms with Crippen LogP contribution >= 0.6 is 0 Å². The molecule has 2 aliphatic carbocycles. The Kier molecular flexibility index (Phi) is 4.34. The van der Waals surface area contributed by atoms with Gasteiger partial charge in [-0.05, 0) is 70.4 Å². The predicted molar refractivity (Wildman–Crippen MR) is 105 cm³/mol. The normalized spacial score (nSPS) is 29.5. The highest BCUT2D eigenvalue weighted by Gasteiger charge is 2.37. The quantitative estimate of drug-likeness (QED) is 0.624. The van der Waals surface area contributed by atoms with E-state index < -0.39 is 5.79 Å². The van der Waals surface area contributed by atoms with Gasteiger partial charge in [-0.2, -0.15) is 0 Å². The zero-order chi connectivity index (χ0) is 18.3. The maximum absolute atomic E-state index is 5.87. The first-order valence-corrected chi connectivity index (χ1v) is 9.65. The van der Waals surface area contributed by atoms with E-state index in [1.54, 1.807) is 6.07 Å². The third-order valence-corrected chi connectivity index (χ3v) is 5.42. The summed E-state index contributed by atoms with van der Waals surface area (Å²) in [5.74, 6) is 2.72. The van der Waals surface area contributed by atoms with E-state index in [0.29, 0.717) is 29.7 Å². The number of amidine groups is 1. The van der Waals surface area contributed by atoms with Crippen LogP contribution in [0.25, 0.3) is 0 Å². The van der Waals surface area contributed by atoms with Crippen molar-refractivity contribution >= 4 is 17.6 Å². The third kappa shape index (κ3) is 3.98. The van der Waals surface area contributed by atoms with Crippen LogP contribution in [0.15, 0.2) is 28.2 Å². The summed E-state index contributed by atoms with van der Waals surface area (Å²) in [7, 11) is 0. The average Bonchev–Trinajstić information content (AvgIpc) is 3.47. The summed E-state index contributed by atoms with van der Waals surface area (Å²) in [5.41, 5.74) is 6.60. The van der Waals surface area contributed by atoms with Crippen molar-refractivity contribution < 1.29 is 0 Å². The van der Waals surface area contributed by atoms with Crippen molar-refractivity contribution in [3.8, 4) is 0 Å². The van der Waals surface area contributed by atoms with Gasteiger partial charge in [0.2, 0.25) is 0 Å². The zero-order valence-electron chi connectivity index (χ0n) is 15.8. The van der Waals surface area contributed by atoms with Gasteiger partial charge in [0.1, 0.15) is 11.5 Å². The molecule has 1 aliphatic heterocycles. The van der Waals surface area contributed by atoms with Crippen LogP contribution in [0.2, 0.25) is 0 Å². The zero-order valence-corrected chi connectivity index (χ0v) is 15.8. The van der Waals surface area contributed by atoms with Gasteiger partial charge < -0.3 is 16.4 Å². The monoisotopic (exact) mass is 355 g/mol. The van der Waals surface area contributed by atoms with Crippen molar-refractivity contribution in [3.63, 3.8) is 0 Å². The van der Waals surface area contributed by atoms with E-state index in [1.165, 1.54) is 25.7 Å². The minimum atomic E-state index is -0.628. The molecule has 0 bridgehead atoms. The Morgan fingerprint density at radius 3 is 2.62 bits per heavy atom. The fourth-order valence-electron chi connectivity index (χ4n) is 3.54. The van der Waals surface area contributed by atoms with Crippen LogP contribution in [0.1, 0.15) is 52.1 Å². The SMILES string of the molecule is C[C@@H](N=C1NC(c2cccc(N)n2)=NC(C)(N[C@H](C)C2CC2)N1)C1CC1. The number of aromatic nitrogens is 1. The Labute approximate surface area is 155 Å². The van der Waals surface area contributed by atoms with Gasteiger partial charge in [-0.1, -0.05) is 6.07 Å². The van der Waals surface area contributed by atoms with Crippen LogP contribution in [0, 0.1) is 11.8 Å². The molecule has 2 fully saturated rings. The molecule has 140 valence electrons. The molecule has 7 heteroatoms. The number of nitrogens with two attached hydrogens (primary N) is 1. The number of nitrogens with one attached hydrogen (secondary N) is 3. The van der Waals surface area contributed by atoms with Crippen molar-refractivity contribution in [1.29, 1.82) is 0 Å². The molecular weight excluding hydrogens is 326 g/mol. The second-order valence-corrected chi connectivity index (χ2v) is 8.06. The van der Waals surface area contributed by atoms with E-state index in [1.807, 2.05) is 12.1 Å². The molecule has 0 spiro atoms. The van der Waals surface area contributed by atoms with Crippen LogP contribution in [-0.4, -0.2) is 34.6 Å². The summed E-state index contributed by atoms with van der Waals surface area (Å²) < 4.78 is 0. The summed E-state index contributed by atoms with van der Waals surface area (Å²) in [6.45, 7) is 6.45. The Morgan fingerprint density at radius 2 is 1.96 bits per heavy atom. The van der Waals surface area contributed by atoms with E-state index in [4.69, 9.17) is 15.7 Å². The van der Waals surface area contributed by atoms with Crippen LogP contribution in [0.5, 0.6) is 0 Å². The maximum atomic E-state index is 5.87. The first-order valence-electron chi connectivity index (χ1n) is 9.65. The number of anilines is 1. The highest BCUT2D eigenvalue weighted by molar-refractivity contribution is 6.09. The minimum Gasteiger partial charge on any atom is -0.384 e. The second-order valence-electron chi connectivity index (χ2n) is 8.06. The Hall–Kier alpha value is -2.15. The van der Waals surface area contributed by atoms with E-state index in [9.17, 15) is 0 Å². The number of guanidine groups is 1. The summed E-state index contributed by atoms with van der Waals surface area (Å²) in [6.07, 6.45) is 5.11. The topological polar surface area (TPSA) is 99.7 Å². The molecule has 0 amide bonds. The Morgan fingerprint density at radius 1 is 1.23 bits per heavy atom. The molecule has 0 radical (unpaired) electrons. The molecule has 1 unspecified atom stereocenters. The summed E-state index contributed by atoms with van der Waals surface area (Å²) in [6, 6.07) is 6.28. The van der Waals surface area contributed by atoms with Crippen molar-refractivity contribution in [2.45, 2.75) is 64.3 Å². The lowest BCUT2D eigenvalue weighted by molar-refractivity contribution is 0.283. The smallest absolute Gasteiger partial charge is 0.200 e. The first-order chi connectivity index (χ1) is 12.4.